The smallest absolute Gasteiger partial charge is 0.268 e. The fourth-order valence-corrected chi connectivity index (χ4v) is 2.79. The molecule has 0 aliphatic heterocycles. The third-order valence-electron chi connectivity index (χ3n) is 3.69. The second kappa shape index (κ2) is 5.44. The van der Waals surface area contributed by atoms with E-state index in [0.717, 1.165) is 15.7 Å². The maximum atomic E-state index is 12.3. The predicted molar refractivity (Wildman–Crippen MR) is 82.8 cm³/mol. The molecule has 0 unspecified atom stereocenters. The minimum Gasteiger partial charge on any atom is -0.347 e. The first kappa shape index (κ1) is 13.4. The molecular weight excluding hydrogens is 316 g/mol. The first-order valence-corrected chi connectivity index (χ1v) is 7.64. The lowest BCUT2D eigenvalue weighted by Gasteiger charge is -2.10. The number of nitrogens with one attached hydrogen (secondary N) is 1. The second-order valence-corrected chi connectivity index (χ2v) is 6.21. The van der Waals surface area contributed by atoms with Gasteiger partial charge in [0.2, 0.25) is 0 Å². The van der Waals surface area contributed by atoms with Crippen LogP contribution in [0.5, 0.6) is 0 Å². The van der Waals surface area contributed by atoms with E-state index in [4.69, 9.17) is 0 Å². The molecule has 0 atom stereocenters. The zero-order chi connectivity index (χ0) is 14.1. The number of benzene rings is 1. The van der Waals surface area contributed by atoms with Gasteiger partial charge in [-0.05, 0) is 52.9 Å². The van der Waals surface area contributed by atoms with Gasteiger partial charge in [0.15, 0.2) is 0 Å². The Labute approximate surface area is 127 Å². The molecule has 0 radical (unpaired) electrons. The quantitative estimate of drug-likeness (QED) is 0.907. The van der Waals surface area contributed by atoms with Gasteiger partial charge in [0.25, 0.3) is 5.91 Å². The molecule has 2 aromatic rings. The molecule has 3 nitrogen and oxygen atoms in total. The molecule has 1 heterocycles. The number of rotatable bonds is 4. The van der Waals surface area contributed by atoms with Gasteiger partial charge < -0.3 is 9.88 Å². The average Bonchev–Trinajstić information content (AvgIpc) is 3.20. The van der Waals surface area contributed by atoms with Gasteiger partial charge in [-0.1, -0.05) is 24.3 Å². The van der Waals surface area contributed by atoms with Crippen LogP contribution >= 0.6 is 15.9 Å². The van der Waals surface area contributed by atoms with Crippen LogP contribution < -0.4 is 5.32 Å². The van der Waals surface area contributed by atoms with Crippen molar-refractivity contribution < 1.29 is 4.79 Å². The van der Waals surface area contributed by atoms with E-state index in [2.05, 4.69) is 38.8 Å². The molecule has 1 aromatic heterocycles. The fraction of sp³-hybridized carbons (Fsp3) is 0.312. The summed E-state index contributed by atoms with van der Waals surface area (Å²) in [6.45, 7) is 2.63. The molecule has 104 valence electrons. The zero-order valence-electron chi connectivity index (χ0n) is 11.4. The summed E-state index contributed by atoms with van der Waals surface area (Å²) in [4.78, 5) is 12.3. The van der Waals surface area contributed by atoms with E-state index in [1.807, 2.05) is 30.5 Å². The lowest BCUT2D eigenvalue weighted by Crippen LogP contribution is -2.25. The lowest BCUT2D eigenvalue weighted by atomic mass is 10.1. The van der Waals surface area contributed by atoms with Crippen LogP contribution in [-0.4, -0.2) is 10.5 Å². The average molecular weight is 333 g/mol. The highest BCUT2D eigenvalue weighted by Crippen LogP contribution is 2.37. The van der Waals surface area contributed by atoms with Crippen molar-refractivity contribution in [3.05, 3.63) is 57.8 Å². The lowest BCUT2D eigenvalue weighted by molar-refractivity contribution is 0.0941. The third kappa shape index (κ3) is 2.80. The maximum absolute atomic E-state index is 12.3. The van der Waals surface area contributed by atoms with Crippen molar-refractivity contribution in [1.82, 2.24) is 9.88 Å². The van der Waals surface area contributed by atoms with E-state index in [1.54, 1.807) is 0 Å². The van der Waals surface area contributed by atoms with E-state index in [9.17, 15) is 4.79 Å². The highest BCUT2D eigenvalue weighted by atomic mass is 79.9. The van der Waals surface area contributed by atoms with Crippen molar-refractivity contribution in [1.29, 1.82) is 0 Å². The van der Waals surface area contributed by atoms with Crippen molar-refractivity contribution in [3.8, 4) is 0 Å². The molecule has 3 rings (SSSR count). The number of aromatic nitrogens is 1. The Kier molecular flexibility index (Phi) is 3.66. The summed E-state index contributed by atoms with van der Waals surface area (Å²) in [5.74, 6) is -0.00847. The Hall–Kier alpha value is -1.55. The highest BCUT2D eigenvalue weighted by molar-refractivity contribution is 9.10. The molecule has 1 aliphatic carbocycles. The van der Waals surface area contributed by atoms with Gasteiger partial charge in [0.05, 0.1) is 0 Å². The van der Waals surface area contributed by atoms with Crippen LogP contribution in [0.25, 0.3) is 0 Å². The second-order valence-electron chi connectivity index (χ2n) is 5.29. The number of halogens is 1. The summed E-state index contributed by atoms with van der Waals surface area (Å²) >= 11 is 3.45. The summed E-state index contributed by atoms with van der Waals surface area (Å²) < 4.78 is 3.04. The minimum absolute atomic E-state index is 0.00847. The van der Waals surface area contributed by atoms with E-state index >= 15 is 0 Å². The normalized spacial score (nSPS) is 14.3. The number of aryl methyl sites for hydroxylation is 1. The summed E-state index contributed by atoms with van der Waals surface area (Å²) in [5.41, 5.74) is 3.10. The third-order valence-corrected chi connectivity index (χ3v) is 4.12. The van der Waals surface area contributed by atoms with Gasteiger partial charge >= 0.3 is 0 Å². The number of hydrogen-bond acceptors (Lipinski definition) is 1. The van der Waals surface area contributed by atoms with Gasteiger partial charge in [-0.3, -0.25) is 4.79 Å². The molecule has 1 amide bonds. The summed E-state index contributed by atoms with van der Waals surface area (Å²) in [6.07, 6.45) is 4.33. The van der Waals surface area contributed by atoms with Crippen LogP contribution in [0.3, 0.4) is 0 Å². The molecule has 1 saturated carbocycles. The summed E-state index contributed by atoms with van der Waals surface area (Å²) in [6, 6.07) is 10.5. The Bertz CT molecular complexity index is 644. The van der Waals surface area contributed by atoms with Gasteiger partial charge in [0.1, 0.15) is 5.69 Å². The zero-order valence-corrected chi connectivity index (χ0v) is 13.0. The summed E-state index contributed by atoms with van der Waals surface area (Å²) in [7, 11) is 0. The molecule has 4 heteroatoms. The van der Waals surface area contributed by atoms with Gasteiger partial charge in [-0.15, -0.1) is 0 Å². The number of carbonyl (C=O) groups is 1. The number of hydrogen-bond donors (Lipinski definition) is 1. The van der Waals surface area contributed by atoms with E-state index in [-0.39, 0.29) is 5.91 Å². The van der Waals surface area contributed by atoms with Crippen molar-refractivity contribution in [2.24, 2.45) is 0 Å². The number of amides is 1. The van der Waals surface area contributed by atoms with Crippen LogP contribution in [0.1, 0.15) is 40.5 Å². The maximum Gasteiger partial charge on any atom is 0.268 e. The van der Waals surface area contributed by atoms with Crippen molar-refractivity contribution in [2.45, 2.75) is 32.4 Å². The first-order chi connectivity index (χ1) is 9.65. The Balaban J connectivity index is 1.72. The standard InChI is InChI=1S/C16H17BrN2O/c1-11-4-2-3-5-12(11)9-18-16(20)15-8-13(17)10-19(15)14-6-7-14/h2-5,8,10,14H,6-7,9H2,1H3,(H,18,20). The van der Waals surface area contributed by atoms with Crippen molar-refractivity contribution in [3.63, 3.8) is 0 Å². The van der Waals surface area contributed by atoms with E-state index < -0.39 is 0 Å². The molecular formula is C16H17BrN2O. The summed E-state index contributed by atoms with van der Waals surface area (Å²) in [5, 5.41) is 3.01. The molecule has 1 aromatic carbocycles. The van der Waals surface area contributed by atoms with Gasteiger partial charge in [0, 0.05) is 23.3 Å². The van der Waals surface area contributed by atoms with Crippen molar-refractivity contribution >= 4 is 21.8 Å². The molecule has 1 fully saturated rings. The van der Waals surface area contributed by atoms with Gasteiger partial charge in [-0.25, -0.2) is 0 Å². The molecule has 0 saturated heterocycles. The topological polar surface area (TPSA) is 34.0 Å². The minimum atomic E-state index is -0.00847. The van der Waals surface area contributed by atoms with Crippen LogP contribution in [-0.2, 0) is 6.54 Å². The number of nitrogens with zero attached hydrogens (tertiary/aromatic N) is 1. The monoisotopic (exact) mass is 332 g/mol. The molecule has 0 spiro atoms. The van der Waals surface area contributed by atoms with Gasteiger partial charge in [-0.2, -0.15) is 0 Å². The number of carbonyl (C=O) groups excluding carboxylic acids is 1. The first-order valence-electron chi connectivity index (χ1n) is 6.85. The van der Waals surface area contributed by atoms with Crippen molar-refractivity contribution in [2.75, 3.05) is 0 Å². The molecule has 1 N–H and O–H groups in total. The molecule has 20 heavy (non-hydrogen) atoms. The molecule has 1 aliphatic rings. The molecule has 0 bridgehead atoms. The highest BCUT2D eigenvalue weighted by Gasteiger charge is 2.27. The van der Waals surface area contributed by atoms with Crippen LogP contribution in [0.2, 0.25) is 0 Å². The van der Waals surface area contributed by atoms with E-state index in [0.29, 0.717) is 12.6 Å². The van der Waals surface area contributed by atoms with Crippen LogP contribution in [0.15, 0.2) is 41.0 Å². The largest absolute Gasteiger partial charge is 0.347 e. The van der Waals surface area contributed by atoms with Crippen LogP contribution in [0.4, 0.5) is 0 Å². The predicted octanol–water partition coefficient (Wildman–Crippen LogP) is 3.82. The Morgan fingerprint density at radius 1 is 1.40 bits per heavy atom. The van der Waals surface area contributed by atoms with E-state index in [1.165, 1.54) is 18.4 Å². The Morgan fingerprint density at radius 2 is 2.15 bits per heavy atom. The fourth-order valence-electron chi connectivity index (χ4n) is 2.36. The SMILES string of the molecule is Cc1ccccc1CNC(=O)c1cc(Br)cn1C1CC1. The Morgan fingerprint density at radius 3 is 2.85 bits per heavy atom. The van der Waals surface area contributed by atoms with Crippen LogP contribution in [0, 0.1) is 6.92 Å².